The number of hydrogen-bond acceptors (Lipinski definition) is 2. The largest absolute Gasteiger partial charge is 0.316 e. The summed E-state index contributed by atoms with van der Waals surface area (Å²) in [5.74, 6) is 1.83. The lowest BCUT2D eigenvalue weighted by Crippen LogP contribution is -2.34. The molecule has 1 aromatic rings. The highest BCUT2D eigenvalue weighted by Crippen LogP contribution is 2.33. The van der Waals surface area contributed by atoms with E-state index in [0.29, 0.717) is 6.04 Å². The zero-order valence-corrected chi connectivity index (χ0v) is 10.5. The van der Waals surface area contributed by atoms with Gasteiger partial charge < -0.3 is 5.32 Å². The first-order chi connectivity index (χ1) is 7.29. The van der Waals surface area contributed by atoms with Crippen LogP contribution in [0.5, 0.6) is 0 Å². The van der Waals surface area contributed by atoms with E-state index in [9.17, 15) is 0 Å². The molecular weight excluding hydrogens is 202 g/mol. The van der Waals surface area contributed by atoms with Crippen molar-refractivity contribution >= 4 is 11.3 Å². The van der Waals surface area contributed by atoms with Crippen LogP contribution in [0.2, 0.25) is 0 Å². The highest BCUT2D eigenvalue weighted by Gasteiger charge is 2.27. The molecule has 2 rings (SSSR count). The van der Waals surface area contributed by atoms with Crippen LogP contribution < -0.4 is 5.32 Å². The molecule has 0 aliphatic heterocycles. The van der Waals surface area contributed by atoms with E-state index in [4.69, 9.17) is 0 Å². The van der Waals surface area contributed by atoms with Gasteiger partial charge in [-0.1, -0.05) is 13.3 Å². The van der Waals surface area contributed by atoms with Crippen molar-refractivity contribution in [3.05, 3.63) is 22.4 Å². The van der Waals surface area contributed by atoms with Gasteiger partial charge in [0.2, 0.25) is 0 Å². The number of hydrogen-bond donors (Lipinski definition) is 1. The van der Waals surface area contributed by atoms with Gasteiger partial charge in [-0.15, -0.1) is 0 Å². The second kappa shape index (κ2) is 5.13. The van der Waals surface area contributed by atoms with Gasteiger partial charge in [0, 0.05) is 6.04 Å². The van der Waals surface area contributed by atoms with Crippen LogP contribution in [-0.4, -0.2) is 13.1 Å². The lowest BCUT2D eigenvalue weighted by molar-refractivity contribution is 0.368. The smallest absolute Gasteiger partial charge is 0.0133 e. The van der Waals surface area contributed by atoms with Crippen molar-refractivity contribution in [1.82, 2.24) is 5.32 Å². The van der Waals surface area contributed by atoms with E-state index in [0.717, 1.165) is 11.8 Å². The molecule has 3 atom stereocenters. The predicted octanol–water partition coefficient (Wildman–Crippen LogP) is 3.31. The van der Waals surface area contributed by atoms with Crippen molar-refractivity contribution in [2.24, 2.45) is 11.8 Å². The fourth-order valence-electron chi connectivity index (χ4n) is 2.78. The van der Waals surface area contributed by atoms with Crippen molar-refractivity contribution in [2.45, 2.75) is 38.6 Å². The van der Waals surface area contributed by atoms with E-state index in [-0.39, 0.29) is 0 Å². The van der Waals surface area contributed by atoms with Gasteiger partial charge in [0.25, 0.3) is 0 Å². The maximum absolute atomic E-state index is 3.51. The highest BCUT2D eigenvalue weighted by atomic mass is 32.1. The Labute approximate surface area is 96.9 Å². The molecule has 2 heteroatoms. The van der Waals surface area contributed by atoms with Gasteiger partial charge in [0.05, 0.1) is 0 Å². The van der Waals surface area contributed by atoms with Crippen LogP contribution in [0.25, 0.3) is 0 Å². The average molecular weight is 223 g/mol. The first-order valence-corrected chi connectivity index (χ1v) is 6.92. The van der Waals surface area contributed by atoms with Crippen LogP contribution in [0.15, 0.2) is 16.8 Å². The first-order valence-electron chi connectivity index (χ1n) is 5.98. The normalized spacial score (nSPS) is 28.1. The zero-order valence-electron chi connectivity index (χ0n) is 9.70. The minimum Gasteiger partial charge on any atom is -0.316 e. The molecule has 0 bridgehead atoms. The molecule has 1 N–H and O–H groups in total. The Bertz CT molecular complexity index is 281. The average Bonchev–Trinajstić information content (AvgIpc) is 2.85. The van der Waals surface area contributed by atoms with Gasteiger partial charge >= 0.3 is 0 Å². The fraction of sp³-hybridized carbons (Fsp3) is 0.692. The van der Waals surface area contributed by atoms with Crippen LogP contribution in [0, 0.1) is 11.8 Å². The van der Waals surface area contributed by atoms with Crippen LogP contribution in [0.1, 0.15) is 31.7 Å². The Balaban J connectivity index is 1.92. The summed E-state index contributed by atoms with van der Waals surface area (Å²) < 4.78 is 0. The van der Waals surface area contributed by atoms with E-state index in [1.165, 1.54) is 31.2 Å². The van der Waals surface area contributed by atoms with Crippen LogP contribution in [0.4, 0.5) is 0 Å². The molecule has 0 radical (unpaired) electrons. The van der Waals surface area contributed by atoms with Gasteiger partial charge in [-0.25, -0.2) is 0 Å². The number of thiophene rings is 1. The number of nitrogens with one attached hydrogen (secondary N) is 1. The lowest BCUT2D eigenvalue weighted by Gasteiger charge is -2.22. The topological polar surface area (TPSA) is 12.0 Å². The van der Waals surface area contributed by atoms with Crippen LogP contribution in [-0.2, 0) is 6.42 Å². The maximum atomic E-state index is 3.51. The third-order valence-electron chi connectivity index (χ3n) is 3.71. The van der Waals surface area contributed by atoms with E-state index < -0.39 is 0 Å². The summed E-state index contributed by atoms with van der Waals surface area (Å²) in [6.07, 6.45) is 5.45. The van der Waals surface area contributed by atoms with Crippen LogP contribution in [0.3, 0.4) is 0 Å². The molecule has 0 saturated heterocycles. The molecule has 0 aromatic carbocycles. The van der Waals surface area contributed by atoms with Crippen molar-refractivity contribution in [3.63, 3.8) is 0 Å². The van der Waals surface area contributed by atoms with E-state index in [1.54, 1.807) is 0 Å². The Hall–Kier alpha value is -0.340. The van der Waals surface area contributed by atoms with Gasteiger partial charge in [-0.3, -0.25) is 0 Å². The minimum absolute atomic E-state index is 0.685. The predicted molar refractivity (Wildman–Crippen MR) is 67.4 cm³/mol. The zero-order chi connectivity index (χ0) is 10.7. The molecule has 1 aliphatic carbocycles. The molecule has 0 amide bonds. The Morgan fingerprint density at radius 3 is 2.93 bits per heavy atom. The molecule has 1 saturated carbocycles. The second-order valence-electron chi connectivity index (χ2n) is 4.91. The molecule has 1 fully saturated rings. The molecular formula is C13H21NS. The van der Waals surface area contributed by atoms with Gasteiger partial charge in [0.15, 0.2) is 0 Å². The Morgan fingerprint density at radius 1 is 1.53 bits per heavy atom. The maximum Gasteiger partial charge on any atom is 0.0133 e. The molecule has 3 unspecified atom stereocenters. The Morgan fingerprint density at radius 2 is 2.40 bits per heavy atom. The Kier molecular flexibility index (Phi) is 3.81. The van der Waals surface area contributed by atoms with Crippen molar-refractivity contribution in [3.8, 4) is 0 Å². The summed E-state index contributed by atoms with van der Waals surface area (Å²) in [6, 6.07) is 2.94. The van der Waals surface area contributed by atoms with Crippen molar-refractivity contribution in [2.75, 3.05) is 7.05 Å². The van der Waals surface area contributed by atoms with Gasteiger partial charge in [-0.05, 0) is 60.5 Å². The van der Waals surface area contributed by atoms with Gasteiger partial charge in [-0.2, -0.15) is 11.3 Å². The third-order valence-corrected chi connectivity index (χ3v) is 4.44. The lowest BCUT2D eigenvalue weighted by atomic mass is 9.92. The standard InChI is InChI=1S/C13H21NS/c1-10-3-4-12(7-10)13(14-2)8-11-5-6-15-9-11/h5-6,9-10,12-14H,3-4,7-8H2,1-2H3. The summed E-state index contributed by atoms with van der Waals surface area (Å²) >= 11 is 1.81. The van der Waals surface area contributed by atoms with E-state index in [2.05, 4.69) is 36.1 Å². The molecule has 15 heavy (non-hydrogen) atoms. The highest BCUT2D eigenvalue weighted by molar-refractivity contribution is 7.07. The summed E-state index contributed by atoms with van der Waals surface area (Å²) in [5, 5.41) is 7.97. The SMILES string of the molecule is CNC(Cc1ccsc1)C1CCC(C)C1. The fourth-order valence-corrected chi connectivity index (χ4v) is 3.47. The first kappa shape index (κ1) is 11.2. The monoisotopic (exact) mass is 223 g/mol. The minimum atomic E-state index is 0.685. The van der Waals surface area contributed by atoms with Crippen molar-refractivity contribution < 1.29 is 0 Å². The molecule has 1 aliphatic rings. The summed E-state index contributed by atoms with van der Waals surface area (Å²) in [5.41, 5.74) is 1.50. The second-order valence-corrected chi connectivity index (χ2v) is 5.69. The van der Waals surface area contributed by atoms with Gasteiger partial charge in [0.1, 0.15) is 0 Å². The molecule has 84 valence electrons. The molecule has 1 nitrogen and oxygen atoms in total. The summed E-state index contributed by atoms with van der Waals surface area (Å²) in [6.45, 7) is 2.39. The van der Waals surface area contributed by atoms with E-state index >= 15 is 0 Å². The molecule has 0 spiro atoms. The van der Waals surface area contributed by atoms with Crippen molar-refractivity contribution in [1.29, 1.82) is 0 Å². The van der Waals surface area contributed by atoms with Crippen LogP contribution >= 0.6 is 11.3 Å². The summed E-state index contributed by atoms with van der Waals surface area (Å²) in [7, 11) is 2.11. The number of likely N-dealkylation sites (N-methyl/N-ethyl adjacent to an activating group) is 1. The molecule has 1 aromatic heterocycles. The summed E-state index contributed by atoms with van der Waals surface area (Å²) in [4.78, 5) is 0. The number of rotatable bonds is 4. The quantitative estimate of drug-likeness (QED) is 0.825. The van der Waals surface area contributed by atoms with E-state index in [1.807, 2.05) is 11.3 Å². The molecule has 1 heterocycles. The third kappa shape index (κ3) is 2.82.